The van der Waals surface area contributed by atoms with Gasteiger partial charge in [0.15, 0.2) is 0 Å². The Kier molecular flexibility index (Phi) is 3.64. The van der Waals surface area contributed by atoms with E-state index in [0.717, 1.165) is 0 Å². The Labute approximate surface area is 108 Å². The van der Waals surface area contributed by atoms with Crippen molar-refractivity contribution in [3.05, 3.63) is 35.4 Å². The van der Waals surface area contributed by atoms with E-state index in [1.807, 2.05) is 0 Å². The van der Waals surface area contributed by atoms with E-state index in [9.17, 15) is 0 Å². The third kappa shape index (κ3) is 2.30. The summed E-state index contributed by atoms with van der Waals surface area (Å²) in [5.41, 5.74) is 9.05. The van der Waals surface area contributed by atoms with Gasteiger partial charge in [0.1, 0.15) is 6.10 Å². The highest BCUT2D eigenvalue weighted by Crippen LogP contribution is 2.39. The lowest BCUT2D eigenvalue weighted by molar-refractivity contribution is -0.0977. The molecule has 0 amide bonds. The third-order valence-electron chi connectivity index (χ3n) is 4.14. The topological polar surface area (TPSA) is 44.5 Å². The molecular formula is C15H21NO2. The monoisotopic (exact) mass is 247 g/mol. The van der Waals surface area contributed by atoms with Gasteiger partial charge in [-0.1, -0.05) is 30.7 Å². The lowest BCUT2D eigenvalue weighted by Gasteiger charge is -2.33. The molecule has 1 aliphatic heterocycles. The molecule has 1 saturated carbocycles. The number of hydrogen-bond acceptors (Lipinski definition) is 3. The fourth-order valence-corrected chi connectivity index (χ4v) is 2.82. The number of ether oxygens (including phenoxy) is 2. The molecule has 0 bridgehead atoms. The minimum atomic E-state index is -0.0675. The van der Waals surface area contributed by atoms with Crippen LogP contribution in [-0.4, -0.2) is 25.9 Å². The zero-order chi connectivity index (χ0) is 12.4. The smallest absolute Gasteiger partial charge is 0.100 e. The molecule has 2 aliphatic rings. The first kappa shape index (κ1) is 12.2. The normalized spacial score (nSPS) is 26.6. The van der Waals surface area contributed by atoms with Gasteiger partial charge in [0.2, 0.25) is 0 Å². The van der Waals surface area contributed by atoms with Crippen molar-refractivity contribution in [1.82, 2.24) is 0 Å². The van der Waals surface area contributed by atoms with Gasteiger partial charge in [0.25, 0.3) is 0 Å². The van der Waals surface area contributed by atoms with Crippen molar-refractivity contribution in [2.24, 2.45) is 5.73 Å². The van der Waals surface area contributed by atoms with Crippen molar-refractivity contribution in [2.75, 3.05) is 19.8 Å². The summed E-state index contributed by atoms with van der Waals surface area (Å²) in [6.45, 7) is 1.96. The van der Waals surface area contributed by atoms with Gasteiger partial charge in [-0.2, -0.15) is 0 Å². The van der Waals surface area contributed by atoms with E-state index < -0.39 is 0 Å². The van der Waals surface area contributed by atoms with E-state index in [1.165, 1.54) is 30.4 Å². The van der Waals surface area contributed by atoms with E-state index in [1.54, 1.807) is 0 Å². The summed E-state index contributed by atoms with van der Waals surface area (Å²) in [5.74, 6) is 0.705. The van der Waals surface area contributed by atoms with Gasteiger partial charge in [-0.05, 0) is 29.9 Å². The zero-order valence-corrected chi connectivity index (χ0v) is 10.7. The Bertz CT molecular complexity index is 397. The number of nitrogens with two attached hydrogens (primary N) is 1. The Morgan fingerprint density at radius 3 is 2.67 bits per heavy atom. The fourth-order valence-electron chi connectivity index (χ4n) is 2.82. The van der Waals surface area contributed by atoms with Crippen LogP contribution in [0.1, 0.15) is 42.3 Å². The second-order valence-electron chi connectivity index (χ2n) is 5.27. The molecule has 1 aromatic rings. The minimum absolute atomic E-state index is 0.0000217. The van der Waals surface area contributed by atoms with Crippen molar-refractivity contribution in [3.63, 3.8) is 0 Å². The first-order valence-corrected chi connectivity index (χ1v) is 6.90. The molecule has 2 unspecified atom stereocenters. The Morgan fingerprint density at radius 2 is 2.00 bits per heavy atom. The Morgan fingerprint density at radius 1 is 1.17 bits per heavy atom. The van der Waals surface area contributed by atoms with Crippen molar-refractivity contribution < 1.29 is 9.47 Å². The van der Waals surface area contributed by atoms with Crippen LogP contribution in [0.3, 0.4) is 0 Å². The number of benzene rings is 1. The molecule has 18 heavy (non-hydrogen) atoms. The molecule has 1 heterocycles. The lowest BCUT2D eigenvalue weighted by atomic mass is 9.77. The van der Waals surface area contributed by atoms with Crippen molar-refractivity contribution in [1.29, 1.82) is 0 Å². The quantitative estimate of drug-likeness (QED) is 0.892. The maximum atomic E-state index is 6.38. The van der Waals surface area contributed by atoms with E-state index in [2.05, 4.69) is 24.3 Å². The van der Waals surface area contributed by atoms with Gasteiger partial charge < -0.3 is 15.2 Å². The summed E-state index contributed by atoms with van der Waals surface area (Å²) >= 11 is 0. The van der Waals surface area contributed by atoms with Crippen LogP contribution >= 0.6 is 0 Å². The van der Waals surface area contributed by atoms with E-state index in [0.29, 0.717) is 25.7 Å². The van der Waals surface area contributed by atoms with E-state index in [4.69, 9.17) is 15.2 Å². The molecule has 3 rings (SSSR count). The second-order valence-corrected chi connectivity index (χ2v) is 5.27. The van der Waals surface area contributed by atoms with Crippen LogP contribution in [0.5, 0.6) is 0 Å². The predicted molar refractivity (Wildman–Crippen MR) is 70.5 cm³/mol. The maximum absolute atomic E-state index is 6.38. The molecule has 0 spiro atoms. The number of rotatable bonds is 3. The van der Waals surface area contributed by atoms with Gasteiger partial charge in [-0.3, -0.25) is 0 Å². The van der Waals surface area contributed by atoms with Crippen LogP contribution in [0.25, 0.3) is 0 Å². The van der Waals surface area contributed by atoms with Crippen molar-refractivity contribution >= 4 is 0 Å². The molecule has 3 nitrogen and oxygen atoms in total. The Hall–Kier alpha value is -0.900. The summed E-state index contributed by atoms with van der Waals surface area (Å²) in [6.07, 6.45) is 3.94. The van der Waals surface area contributed by atoms with Crippen LogP contribution < -0.4 is 5.73 Å². The van der Waals surface area contributed by atoms with Crippen molar-refractivity contribution in [2.45, 2.75) is 37.3 Å². The molecule has 2 atom stereocenters. The number of hydrogen-bond donors (Lipinski definition) is 1. The van der Waals surface area contributed by atoms with Crippen LogP contribution in [0, 0.1) is 0 Å². The van der Waals surface area contributed by atoms with Crippen LogP contribution in [0.2, 0.25) is 0 Å². The average molecular weight is 247 g/mol. The highest BCUT2D eigenvalue weighted by atomic mass is 16.6. The minimum Gasteiger partial charge on any atom is -0.376 e. The molecule has 2 N–H and O–H groups in total. The Balaban J connectivity index is 1.81. The van der Waals surface area contributed by atoms with Crippen molar-refractivity contribution in [3.8, 4) is 0 Å². The summed E-state index contributed by atoms with van der Waals surface area (Å²) in [7, 11) is 0. The van der Waals surface area contributed by atoms with Gasteiger partial charge in [0.05, 0.1) is 25.9 Å². The molecule has 0 radical (unpaired) electrons. The van der Waals surface area contributed by atoms with Crippen LogP contribution in [-0.2, 0) is 9.47 Å². The second kappa shape index (κ2) is 5.39. The van der Waals surface area contributed by atoms with Crippen LogP contribution in [0.4, 0.5) is 0 Å². The molecular weight excluding hydrogens is 226 g/mol. The first-order chi connectivity index (χ1) is 8.86. The van der Waals surface area contributed by atoms with Gasteiger partial charge in [-0.25, -0.2) is 0 Å². The van der Waals surface area contributed by atoms with Gasteiger partial charge in [-0.15, -0.1) is 0 Å². The molecule has 1 saturated heterocycles. The highest BCUT2D eigenvalue weighted by Gasteiger charge is 2.28. The molecule has 98 valence electrons. The van der Waals surface area contributed by atoms with E-state index in [-0.39, 0.29) is 12.1 Å². The molecule has 2 fully saturated rings. The first-order valence-electron chi connectivity index (χ1n) is 6.90. The summed E-state index contributed by atoms with van der Waals surface area (Å²) in [6, 6.07) is 8.49. The van der Waals surface area contributed by atoms with E-state index >= 15 is 0 Å². The molecule has 1 aromatic carbocycles. The van der Waals surface area contributed by atoms with Gasteiger partial charge >= 0.3 is 0 Å². The molecule has 1 aliphatic carbocycles. The lowest BCUT2D eigenvalue weighted by Crippen LogP contribution is -2.38. The largest absolute Gasteiger partial charge is 0.376 e. The van der Waals surface area contributed by atoms with Gasteiger partial charge in [0, 0.05) is 0 Å². The predicted octanol–water partition coefficient (Wildman–Crippen LogP) is 2.37. The molecule has 0 aromatic heterocycles. The SMILES string of the molecule is NC(c1ccccc1C1CCC1)C1COCCO1. The highest BCUT2D eigenvalue weighted by molar-refractivity contribution is 5.34. The van der Waals surface area contributed by atoms with Crippen LogP contribution in [0.15, 0.2) is 24.3 Å². The fraction of sp³-hybridized carbons (Fsp3) is 0.600. The standard InChI is InChI=1S/C15H21NO2/c16-15(14-10-17-8-9-18-14)13-7-2-1-6-12(13)11-4-3-5-11/h1-2,6-7,11,14-15H,3-5,8-10,16H2. The summed E-state index contributed by atoms with van der Waals surface area (Å²) in [4.78, 5) is 0. The third-order valence-corrected chi connectivity index (χ3v) is 4.14. The molecule has 3 heteroatoms. The summed E-state index contributed by atoms with van der Waals surface area (Å²) in [5, 5.41) is 0. The zero-order valence-electron chi connectivity index (χ0n) is 10.7. The average Bonchev–Trinajstić information content (AvgIpc) is 2.38. The summed E-state index contributed by atoms with van der Waals surface area (Å²) < 4.78 is 11.2. The maximum Gasteiger partial charge on any atom is 0.100 e.